The van der Waals surface area contributed by atoms with Gasteiger partial charge in [-0.3, -0.25) is 4.90 Å². The minimum absolute atomic E-state index is 0.379. The fourth-order valence-corrected chi connectivity index (χ4v) is 5.36. The number of esters is 1. The molecule has 6 heteroatoms. The topological polar surface area (TPSA) is 51.2 Å². The first-order chi connectivity index (χ1) is 19.1. The summed E-state index contributed by atoms with van der Waals surface area (Å²) in [6.07, 6.45) is 0. The van der Waals surface area contributed by atoms with Gasteiger partial charge in [0.25, 0.3) is 0 Å². The smallest absolute Gasteiger partial charge is 0.341 e. The normalized spacial score (nSPS) is 15.8. The van der Waals surface area contributed by atoms with Crippen LogP contribution in [0.3, 0.4) is 0 Å². The monoisotopic (exact) mass is 522 g/mol. The molecule has 1 aliphatic heterocycles. The standard InChI is InChI=1S/C33H34N2O4/c1-5-34(6-2)26-19-22-30(31(23-26)38-7-3)33(29-16-12-11-15-28(29)32(36)39-33)35(24-13-9-8-10-14-24)25-17-20-27(37-4)21-18-25/h8-23H,5-7H2,1-4H3. The minimum atomic E-state index is -1.32. The first kappa shape index (κ1) is 26.2. The Hall–Kier alpha value is -4.45. The summed E-state index contributed by atoms with van der Waals surface area (Å²) in [7, 11) is 1.65. The van der Waals surface area contributed by atoms with Gasteiger partial charge in [-0.2, -0.15) is 0 Å². The Bertz CT molecular complexity index is 1430. The van der Waals surface area contributed by atoms with E-state index in [0.717, 1.165) is 47.0 Å². The van der Waals surface area contributed by atoms with Gasteiger partial charge in [0.15, 0.2) is 0 Å². The van der Waals surface area contributed by atoms with Crippen LogP contribution < -0.4 is 19.3 Å². The molecule has 6 nitrogen and oxygen atoms in total. The summed E-state index contributed by atoms with van der Waals surface area (Å²) in [6, 6.07) is 31.5. The Labute approximate surface area is 230 Å². The van der Waals surface area contributed by atoms with Crippen molar-refractivity contribution in [3.05, 3.63) is 114 Å². The van der Waals surface area contributed by atoms with Gasteiger partial charge in [0.1, 0.15) is 11.5 Å². The van der Waals surface area contributed by atoms with Crippen LogP contribution in [0.2, 0.25) is 0 Å². The van der Waals surface area contributed by atoms with E-state index >= 15 is 0 Å². The molecule has 1 heterocycles. The van der Waals surface area contributed by atoms with E-state index in [0.29, 0.717) is 17.9 Å². The summed E-state index contributed by atoms with van der Waals surface area (Å²) in [5.74, 6) is 1.03. The maximum Gasteiger partial charge on any atom is 0.341 e. The van der Waals surface area contributed by atoms with Crippen molar-refractivity contribution >= 4 is 23.0 Å². The SMILES string of the molecule is CCOc1cc(N(CC)CC)ccc1C1(N(c2ccccc2)c2ccc(OC)cc2)OC(=O)c2ccccc21. The number of rotatable bonds is 10. The molecule has 0 saturated heterocycles. The number of fused-ring (bicyclic) bond motifs is 1. The molecule has 0 saturated carbocycles. The molecule has 1 aliphatic rings. The molecule has 200 valence electrons. The van der Waals surface area contributed by atoms with E-state index in [9.17, 15) is 4.79 Å². The number of cyclic esters (lactones) is 1. The highest BCUT2D eigenvalue weighted by Crippen LogP contribution is 2.52. The van der Waals surface area contributed by atoms with Gasteiger partial charge in [0, 0.05) is 41.8 Å². The zero-order valence-electron chi connectivity index (χ0n) is 22.9. The maximum atomic E-state index is 13.5. The fraction of sp³-hybridized carbons (Fsp3) is 0.242. The third-order valence-corrected chi connectivity index (χ3v) is 7.17. The summed E-state index contributed by atoms with van der Waals surface area (Å²) in [4.78, 5) is 17.9. The van der Waals surface area contributed by atoms with E-state index in [2.05, 4.69) is 35.8 Å². The molecule has 0 radical (unpaired) electrons. The molecule has 4 aromatic carbocycles. The first-order valence-electron chi connectivity index (χ1n) is 13.4. The second-order valence-corrected chi connectivity index (χ2v) is 9.23. The molecule has 0 N–H and O–H groups in total. The highest BCUT2D eigenvalue weighted by atomic mass is 16.6. The second-order valence-electron chi connectivity index (χ2n) is 9.23. The highest BCUT2D eigenvalue weighted by molar-refractivity contribution is 5.97. The summed E-state index contributed by atoms with van der Waals surface area (Å²) in [5.41, 5.74) is 3.46. The van der Waals surface area contributed by atoms with Crippen molar-refractivity contribution in [1.82, 2.24) is 0 Å². The van der Waals surface area contributed by atoms with Gasteiger partial charge in [0.2, 0.25) is 5.72 Å². The Balaban J connectivity index is 1.85. The van der Waals surface area contributed by atoms with Crippen LogP contribution in [-0.4, -0.2) is 32.8 Å². The van der Waals surface area contributed by atoms with Gasteiger partial charge < -0.3 is 19.1 Å². The molecule has 4 aromatic rings. The molecule has 5 rings (SSSR count). The van der Waals surface area contributed by atoms with Crippen molar-refractivity contribution in [2.45, 2.75) is 26.5 Å². The number of methoxy groups -OCH3 is 1. The summed E-state index contributed by atoms with van der Waals surface area (Å²) in [5, 5.41) is 0. The van der Waals surface area contributed by atoms with Gasteiger partial charge in [-0.15, -0.1) is 0 Å². The van der Waals surface area contributed by atoms with Crippen molar-refractivity contribution in [3.8, 4) is 11.5 Å². The van der Waals surface area contributed by atoms with Crippen molar-refractivity contribution < 1.29 is 19.0 Å². The number of nitrogens with zero attached hydrogens (tertiary/aromatic N) is 2. The number of carbonyl (C=O) groups is 1. The number of hydrogen-bond donors (Lipinski definition) is 0. The zero-order chi connectivity index (χ0) is 27.4. The van der Waals surface area contributed by atoms with Crippen LogP contribution >= 0.6 is 0 Å². The first-order valence-corrected chi connectivity index (χ1v) is 13.4. The maximum absolute atomic E-state index is 13.5. The third-order valence-electron chi connectivity index (χ3n) is 7.17. The van der Waals surface area contributed by atoms with Gasteiger partial charge in [-0.25, -0.2) is 4.79 Å². The molecule has 0 bridgehead atoms. The van der Waals surface area contributed by atoms with Crippen LogP contribution in [0.15, 0.2) is 97.1 Å². The summed E-state index contributed by atoms with van der Waals surface area (Å²) < 4.78 is 18.3. The molecule has 39 heavy (non-hydrogen) atoms. The number of carbonyl (C=O) groups excluding carboxylic acids is 1. The molecule has 0 fully saturated rings. The lowest BCUT2D eigenvalue weighted by Crippen LogP contribution is -2.45. The largest absolute Gasteiger partial charge is 0.497 e. The Morgan fingerprint density at radius 2 is 1.38 bits per heavy atom. The van der Waals surface area contributed by atoms with Crippen molar-refractivity contribution in [1.29, 1.82) is 0 Å². The van der Waals surface area contributed by atoms with Crippen molar-refractivity contribution in [2.75, 3.05) is 36.6 Å². The second kappa shape index (κ2) is 11.1. The van der Waals surface area contributed by atoms with Gasteiger partial charge in [-0.1, -0.05) is 36.4 Å². The van der Waals surface area contributed by atoms with Crippen molar-refractivity contribution in [3.63, 3.8) is 0 Å². The number of hydrogen-bond acceptors (Lipinski definition) is 6. The zero-order valence-corrected chi connectivity index (χ0v) is 22.9. The summed E-state index contributed by atoms with van der Waals surface area (Å²) >= 11 is 0. The highest BCUT2D eigenvalue weighted by Gasteiger charge is 2.54. The van der Waals surface area contributed by atoms with Crippen LogP contribution in [0.5, 0.6) is 11.5 Å². The number of benzene rings is 4. The molecule has 0 aromatic heterocycles. The minimum Gasteiger partial charge on any atom is -0.497 e. The average Bonchev–Trinajstić information content (AvgIpc) is 3.27. The van der Waals surface area contributed by atoms with Crippen LogP contribution in [0.4, 0.5) is 17.1 Å². The van der Waals surface area contributed by atoms with E-state index in [4.69, 9.17) is 14.2 Å². The lowest BCUT2D eigenvalue weighted by molar-refractivity contribution is 0.0124. The number of ether oxygens (including phenoxy) is 3. The number of anilines is 3. The predicted molar refractivity (Wildman–Crippen MR) is 155 cm³/mol. The Morgan fingerprint density at radius 3 is 2.05 bits per heavy atom. The Morgan fingerprint density at radius 1 is 0.744 bits per heavy atom. The van der Waals surface area contributed by atoms with E-state index in [1.165, 1.54) is 0 Å². The molecular weight excluding hydrogens is 488 g/mol. The molecule has 1 unspecified atom stereocenters. The lowest BCUT2D eigenvalue weighted by Gasteiger charge is -2.42. The fourth-order valence-electron chi connectivity index (χ4n) is 5.36. The van der Waals surface area contributed by atoms with E-state index < -0.39 is 5.72 Å². The van der Waals surface area contributed by atoms with Crippen LogP contribution in [0.1, 0.15) is 42.3 Å². The van der Waals surface area contributed by atoms with Crippen LogP contribution in [0, 0.1) is 0 Å². The average molecular weight is 523 g/mol. The predicted octanol–water partition coefficient (Wildman–Crippen LogP) is 7.15. The molecule has 0 aliphatic carbocycles. The van der Waals surface area contributed by atoms with E-state index in [1.807, 2.05) is 91.9 Å². The molecular formula is C33H34N2O4. The van der Waals surface area contributed by atoms with Gasteiger partial charge in [0.05, 0.1) is 24.8 Å². The lowest BCUT2D eigenvalue weighted by atomic mass is 9.89. The van der Waals surface area contributed by atoms with Gasteiger partial charge >= 0.3 is 5.97 Å². The van der Waals surface area contributed by atoms with Crippen molar-refractivity contribution in [2.24, 2.45) is 0 Å². The number of para-hydroxylation sites is 1. The Kier molecular flexibility index (Phi) is 7.46. The molecule has 0 amide bonds. The third kappa shape index (κ3) is 4.56. The van der Waals surface area contributed by atoms with Gasteiger partial charge in [-0.05, 0) is 75.4 Å². The van der Waals surface area contributed by atoms with Crippen LogP contribution in [0.25, 0.3) is 0 Å². The van der Waals surface area contributed by atoms with Crippen LogP contribution in [-0.2, 0) is 10.5 Å². The molecule has 1 atom stereocenters. The van der Waals surface area contributed by atoms with E-state index in [1.54, 1.807) is 7.11 Å². The molecule has 0 spiro atoms. The quantitative estimate of drug-likeness (QED) is 0.206. The van der Waals surface area contributed by atoms with E-state index in [-0.39, 0.29) is 5.97 Å². The summed E-state index contributed by atoms with van der Waals surface area (Å²) in [6.45, 7) is 8.44.